The van der Waals surface area contributed by atoms with Crippen LogP contribution in [0, 0.1) is 13.8 Å². The van der Waals surface area contributed by atoms with Crippen molar-refractivity contribution in [2.24, 2.45) is 0 Å². The van der Waals surface area contributed by atoms with E-state index in [1.807, 2.05) is 6.07 Å². The van der Waals surface area contributed by atoms with Gasteiger partial charge in [0.1, 0.15) is 23.7 Å². The Morgan fingerprint density at radius 3 is 2.53 bits per heavy atom. The number of thiazole rings is 1. The number of carbonyl (C=O) groups excluding carboxylic acids is 3. The Kier molecular flexibility index (Phi) is 6.41. The highest BCUT2D eigenvalue weighted by atomic mass is 32.1. The van der Waals surface area contributed by atoms with Gasteiger partial charge in [-0.3, -0.25) is 23.7 Å². The number of nitrogens with zero attached hydrogens (tertiary/aromatic N) is 4. The van der Waals surface area contributed by atoms with Crippen LogP contribution in [0.5, 0.6) is 5.75 Å². The molecule has 1 fully saturated rings. The summed E-state index contributed by atoms with van der Waals surface area (Å²) in [6.07, 6.45) is 3.35. The number of aliphatic hydroxyl groups excluding tert-OH is 1. The van der Waals surface area contributed by atoms with Gasteiger partial charge in [0.05, 0.1) is 27.9 Å². The maximum Gasteiger partial charge on any atom is 0.301 e. The van der Waals surface area contributed by atoms with Gasteiger partial charge in [-0.25, -0.2) is 9.97 Å². The number of anilines is 1. The number of aliphatic hydroxyl groups is 1. The van der Waals surface area contributed by atoms with Crippen LogP contribution in [0.2, 0.25) is 0 Å². The molecule has 0 saturated carbocycles. The van der Waals surface area contributed by atoms with Crippen molar-refractivity contribution in [1.29, 1.82) is 0 Å². The fourth-order valence-electron chi connectivity index (χ4n) is 4.58. The summed E-state index contributed by atoms with van der Waals surface area (Å²) in [5.74, 6) is -1.67. The lowest BCUT2D eigenvalue weighted by atomic mass is 9.96. The van der Waals surface area contributed by atoms with Crippen molar-refractivity contribution >= 4 is 45.3 Å². The molecule has 1 aliphatic rings. The lowest BCUT2D eigenvalue weighted by molar-refractivity contribution is -0.132. The van der Waals surface area contributed by atoms with Gasteiger partial charge in [-0.2, -0.15) is 0 Å². The molecule has 4 aromatic rings. The Hall–Kier alpha value is -4.57. The van der Waals surface area contributed by atoms with E-state index in [4.69, 9.17) is 4.74 Å². The number of hydrogen-bond acceptors (Lipinski definition) is 8. The summed E-state index contributed by atoms with van der Waals surface area (Å²) < 4.78 is 7.25. The molecule has 1 saturated heterocycles. The number of benzene rings is 1. The Labute approximate surface area is 222 Å². The van der Waals surface area contributed by atoms with Crippen LogP contribution in [0.3, 0.4) is 0 Å². The Morgan fingerprint density at radius 2 is 1.87 bits per heavy atom. The van der Waals surface area contributed by atoms with E-state index in [1.165, 1.54) is 11.8 Å². The lowest BCUT2D eigenvalue weighted by Crippen LogP contribution is -2.29. The zero-order valence-electron chi connectivity index (χ0n) is 21.0. The van der Waals surface area contributed by atoms with Crippen molar-refractivity contribution in [1.82, 2.24) is 14.4 Å². The summed E-state index contributed by atoms with van der Waals surface area (Å²) in [5, 5.41) is 11.8. The number of aryl methyl sites for hydroxylation is 2. The van der Waals surface area contributed by atoms with E-state index < -0.39 is 17.7 Å². The van der Waals surface area contributed by atoms with Crippen LogP contribution >= 0.6 is 11.3 Å². The van der Waals surface area contributed by atoms with Crippen LogP contribution in [-0.4, -0.2) is 43.6 Å². The fraction of sp³-hybridized carbons (Fsp3) is 0.179. The van der Waals surface area contributed by atoms with Crippen LogP contribution in [-0.2, 0) is 9.59 Å². The topological polar surface area (TPSA) is 114 Å². The second kappa shape index (κ2) is 9.71. The molecule has 1 N–H and O–H groups in total. The Morgan fingerprint density at radius 1 is 1.13 bits per heavy atom. The van der Waals surface area contributed by atoms with Crippen LogP contribution < -0.4 is 9.64 Å². The highest BCUT2D eigenvalue weighted by Crippen LogP contribution is 2.44. The summed E-state index contributed by atoms with van der Waals surface area (Å²) in [6, 6.07) is 11.3. The maximum absolute atomic E-state index is 13.5. The summed E-state index contributed by atoms with van der Waals surface area (Å²) in [5.41, 5.74) is 2.32. The minimum absolute atomic E-state index is 0.0965. The summed E-state index contributed by atoms with van der Waals surface area (Å²) >= 11 is 1.03. The number of carbonyl (C=O) groups is 3. The second-order valence-corrected chi connectivity index (χ2v) is 9.76. The minimum Gasteiger partial charge on any atom is -0.505 e. The van der Waals surface area contributed by atoms with Crippen molar-refractivity contribution in [2.45, 2.75) is 26.8 Å². The standard InChI is InChI=1S/C28H24N4O5S/c1-5-14-37-19-11-9-18(10-12-19)23-21(24(34)22-15(2)29-20-8-6-7-13-31(20)22)25(35)27(36)32(23)28-30-16(3)26(38-28)17(4)33/h5-13,23,34H,1,14H2,2-4H3. The van der Waals surface area contributed by atoms with Crippen molar-refractivity contribution in [3.8, 4) is 5.75 Å². The average Bonchev–Trinajstić information content (AvgIpc) is 3.53. The monoisotopic (exact) mass is 528 g/mol. The molecule has 0 spiro atoms. The number of ether oxygens (including phenoxy) is 1. The molecule has 0 bridgehead atoms. The fourth-order valence-corrected chi connectivity index (χ4v) is 5.57. The maximum atomic E-state index is 13.5. The Bertz CT molecular complexity index is 1650. The third-order valence-electron chi connectivity index (χ3n) is 6.25. The van der Waals surface area contributed by atoms with Gasteiger partial charge in [0, 0.05) is 13.1 Å². The van der Waals surface area contributed by atoms with E-state index in [0.29, 0.717) is 45.5 Å². The van der Waals surface area contributed by atoms with Crippen molar-refractivity contribution in [3.63, 3.8) is 0 Å². The molecule has 3 aromatic heterocycles. The Balaban J connectivity index is 1.73. The smallest absolute Gasteiger partial charge is 0.301 e. The number of aromatic nitrogens is 3. The van der Waals surface area contributed by atoms with Gasteiger partial charge in [-0.05, 0) is 43.7 Å². The molecule has 10 heteroatoms. The van der Waals surface area contributed by atoms with Gasteiger partial charge in [-0.15, -0.1) is 0 Å². The van der Waals surface area contributed by atoms with Gasteiger partial charge in [-0.1, -0.05) is 42.2 Å². The molecule has 0 radical (unpaired) electrons. The summed E-state index contributed by atoms with van der Waals surface area (Å²) in [7, 11) is 0. The molecule has 1 atom stereocenters. The van der Waals surface area contributed by atoms with Crippen molar-refractivity contribution < 1.29 is 24.2 Å². The number of fused-ring (bicyclic) bond motifs is 1. The van der Waals surface area contributed by atoms with Crippen LogP contribution in [0.25, 0.3) is 11.4 Å². The highest BCUT2D eigenvalue weighted by Gasteiger charge is 2.48. The van der Waals surface area contributed by atoms with E-state index >= 15 is 0 Å². The number of Topliss-reactive ketones (excluding diaryl/α,β-unsaturated/α-hetero) is 2. The largest absolute Gasteiger partial charge is 0.505 e. The molecule has 9 nitrogen and oxygen atoms in total. The van der Waals surface area contributed by atoms with E-state index in [0.717, 1.165) is 11.3 Å². The lowest BCUT2D eigenvalue weighted by Gasteiger charge is -2.23. The molecule has 192 valence electrons. The quantitative estimate of drug-likeness (QED) is 0.120. The zero-order chi connectivity index (χ0) is 27.1. The molecule has 5 rings (SSSR count). The molecule has 0 aliphatic carbocycles. The minimum atomic E-state index is -0.998. The van der Waals surface area contributed by atoms with Crippen molar-refractivity contribution in [3.05, 3.63) is 94.4 Å². The van der Waals surface area contributed by atoms with E-state index in [-0.39, 0.29) is 22.2 Å². The predicted octanol–water partition coefficient (Wildman–Crippen LogP) is 4.80. The first kappa shape index (κ1) is 25.1. The number of ketones is 2. The number of pyridine rings is 1. The van der Waals surface area contributed by atoms with E-state index in [2.05, 4.69) is 16.5 Å². The van der Waals surface area contributed by atoms with E-state index in [9.17, 15) is 19.5 Å². The highest BCUT2D eigenvalue weighted by molar-refractivity contribution is 7.18. The van der Waals surface area contributed by atoms with Crippen LogP contribution in [0.4, 0.5) is 5.13 Å². The molecular weight excluding hydrogens is 504 g/mol. The third kappa shape index (κ3) is 4.08. The second-order valence-electron chi connectivity index (χ2n) is 8.78. The first-order valence-corrected chi connectivity index (χ1v) is 12.6. The van der Waals surface area contributed by atoms with Gasteiger partial charge >= 0.3 is 5.91 Å². The molecule has 1 aliphatic heterocycles. The molecule has 38 heavy (non-hydrogen) atoms. The molecule has 1 amide bonds. The first-order chi connectivity index (χ1) is 18.2. The van der Waals surface area contributed by atoms with Crippen LogP contribution in [0.1, 0.15) is 45.3 Å². The average molecular weight is 529 g/mol. The zero-order valence-corrected chi connectivity index (χ0v) is 21.8. The van der Waals surface area contributed by atoms with Crippen LogP contribution in [0.15, 0.2) is 66.9 Å². The number of imidazole rings is 1. The SMILES string of the molecule is C=CCOc1ccc(C2C(=C(O)c3c(C)nc4ccccn34)C(=O)C(=O)N2c2nc(C)c(C(C)=O)s2)cc1. The van der Waals surface area contributed by atoms with Crippen molar-refractivity contribution in [2.75, 3.05) is 11.5 Å². The normalized spacial score (nSPS) is 16.8. The molecule has 1 aromatic carbocycles. The summed E-state index contributed by atoms with van der Waals surface area (Å²) in [4.78, 5) is 49.7. The summed E-state index contributed by atoms with van der Waals surface area (Å²) in [6.45, 7) is 8.78. The third-order valence-corrected chi connectivity index (χ3v) is 7.51. The van der Waals surface area contributed by atoms with Gasteiger partial charge in [0.2, 0.25) is 0 Å². The first-order valence-electron chi connectivity index (χ1n) is 11.8. The molecule has 1 unspecified atom stereocenters. The predicted molar refractivity (Wildman–Crippen MR) is 144 cm³/mol. The molecule has 4 heterocycles. The van der Waals surface area contributed by atoms with Gasteiger partial charge in [0.15, 0.2) is 16.7 Å². The number of hydrogen-bond donors (Lipinski definition) is 1. The number of amides is 1. The van der Waals surface area contributed by atoms with Gasteiger partial charge in [0.25, 0.3) is 5.78 Å². The molecular formula is C28H24N4O5S. The number of rotatable bonds is 7. The van der Waals surface area contributed by atoms with E-state index in [1.54, 1.807) is 66.9 Å². The van der Waals surface area contributed by atoms with Gasteiger partial charge < -0.3 is 9.84 Å².